The summed E-state index contributed by atoms with van der Waals surface area (Å²) in [5.74, 6) is 2.24. The van der Waals surface area contributed by atoms with Crippen molar-refractivity contribution in [3.63, 3.8) is 0 Å². The summed E-state index contributed by atoms with van der Waals surface area (Å²) >= 11 is 0. The number of benzene rings is 1. The van der Waals surface area contributed by atoms with E-state index < -0.39 is 0 Å². The predicted molar refractivity (Wildman–Crippen MR) is 102 cm³/mol. The maximum absolute atomic E-state index is 5.03. The van der Waals surface area contributed by atoms with E-state index >= 15 is 0 Å². The van der Waals surface area contributed by atoms with Crippen molar-refractivity contribution in [1.82, 2.24) is 20.3 Å². The van der Waals surface area contributed by atoms with Gasteiger partial charge in [0.15, 0.2) is 11.6 Å². The molecule has 2 aromatic heterocycles. The van der Waals surface area contributed by atoms with E-state index in [1.54, 1.807) is 6.07 Å². The van der Waals surface area contributed by atoms with Crippen molar-refractivity contribution in [2.75, 3.05) is 28.6 Å². The Morgan fingerprint density at radius 3 is 2.50 bits per heavy atom. The van der Waals surface area contributed by atoms with Crippen molar-refractivity contribution in [1.29, 1.82) is 0 Å². The molecule has 0 radical (unpaired) electrons. The Morgan fingerprint density at radius 1 is 1.04 bits per heavy atom. The summed E-state index contributed by atoms with van der Waals surface area (Å²) < 4.78 is 5.03. The molecule has 1 aromatic carbocycles. The number of aryl methyl sites for hydroxylation is 2. The number of nitrogens with one attached hydrogen (secondary N) is 2. The highest BCUT2D eigenvalue weighted by molar-refractivity contribution is 5.64. The molecule has 0 aliphatic heterocycles. The van der Waals surface area contributed by atoms with E-state index in [9.17, 15) is 0 Å². The van der Waals surface area contributed by atoms with E-state index in [-0.39, 0.29) is 0 Å². The third-order valence-corrected chi connectivity index (χ3v) is 4.03. The fourth-order valence-electron chi connectivity index (χ4n) is 2.67. The molecule has 0 amide bonds. The average Bonchev–Trinajstić information content (AvgIpc) is 3.03. The minimum Gasteiger partial charge on any atom is -0.372 e. The minimum atomic E-state index is 0.411. The summed E-state index contributed by atoms with van der Waals surface area (Å²) in [6.07, 6.45) is 1.53. The molecular weight excluding hydrogens is 330 g/mol. The lowest BCUT2D eigenvalue weighted by molar-refractivity contribution is 0.400. The highest BCUT2D eigenvalue weighted by atomic mass is 16.5. The van der Waals surface area contributed by atoms with Crippen LogP contribution in [0.1, 0.15) is 25.2 Å². The van der Waals surface area contributed by atoms with Crippen LogP contribution in [0.15, 0.2) is 35.0 Å². The monoisotopic (exact) mass is 353 g/mol. The molecule has 2 N–H and O–H groups in total. The largest absolute Gasteiger partial charge is 0.372 e. The Hall–Kier alpha value is -3.16. The van der Waals surface area contributed by atoms with Gasteiger partial charge in [-0.15, -0.1) is 5.10 Å². The SMILES string of the molecule is CCN(CC)c1ccc(Nc2nncc(Nc3cc(C)on3)n2)c(C)c1. The molecule has 0 saturated carbocycles. The Kier molecular flexibility index (Phi) is 5.31. The van der Waals surface area contributed by atoms with E-state index in [1.165, 1.54) is 11.9 Å². The van der Waals surface area contributed by atoms with Gasteiger partial charge in [0.2, 0.25) is 5.95 Å². The first kappa shape index (κ1) is 17.7. The molecule has 26 heavy (non-hydrogen) atoms. The van der Waals surface area contributed by atoms with Crippen LogP contribution in [0.4, 0.5) is 29.0 Å². The fraction of sp³-hybridized carbons (Fsp3) is 0.333. The van der Waals surface area contributed by atoms with Crippen molar-refractivity contribution in [3.8, 4) is 0 Å². The lowest BCUT2D eigenvalue weighted by Gasteiger charge is -2.22. The molecule has 0 fully saturated rings. The topological polar surface area (TPSA) is 92.0 Å². The Morgan fingerprint density at radius 2 is 1.85 bits per heavy atom. The maximum atomic E-state index is 5.03. The van der Waals surface area contributed by atoms with Gasteiger partial charge in [-0.2, -0.15) is 10.1 Å². The van der Waals surface area contributed by atoms with E-state index in [2.05, 4.69) is 68.8 Å². The third kappa shape index (κ3) is 4.08. The van der Waals surface area contributed by atoms with Gasteiger partial charge in [-0.05, 0) is 51.5 Å². The predicted octanol–water partition coefficient (Wildman–Crippen LogP) is 3.81. The van der Waals surface area contributed by atoms with Crippen LogP contribution in [-0.2, 0) is 0 Å². The molecular formula is C18H23N7O. The van der Waals surface area contributed by atoms with Gasteiger partial charge in [-0.1, -0.05) is 5.16 Å². The molecule has 0 atom stereocenters. The molecule has 3 aromatic rings. The van der Waals surface area contributed by atoms with Crippen LogP contribution in [0.2, 0.25) is 0 Å². The fourth-order valence-corrected chi connectivity index (χ4v) is 2.67. The number of rotatable bonds is 7. The first-order chi connectivity index (χ1) is 12.6. The first-order valence-electron chi connectivity index (χ1n) is 8.61. The van der Waals surface area contributed by atoms with Gasteiger partial charge in [-0.3, -0.25) is 0 Å². The van der Waals surface area contributed by atoms with Crippen LogP contribution < -0.4 is 15.5 Å². The standard InChI is InChI=1S/C18H23N7O/c1-5-25(6-2)14-7-8-15(12(3)9-14)20-18-22-17(11-19-23-18)21-16-10-13(4)26-24-16/h7-11H,5-6H2,1-4H3,(H2,20,21,22,23,24). The summed E-state index contributed by atoms with van der Waals surface area (Å²) in [6.45, 7) is 10.1. The van der Waals surface area contributed by atoms with Crippen LogP contribution in [-0.4, -0.2) is 33.4 Å². The molecule has 0 saturated heterocycles. The van der Waals surface area contributed by atoms with Gasteiger partial charge in [0.1, 0.15) is 5.76 Å². The van der Waals surface area contributed by atoms with E-state index in [0.29, 0.717) is 17.6 Å². The second-order valence-corrected chi connectivity index (χ2v) is 5.91. The van der Waals surface area contributed by atoms with E-state index in [4.69, 9.17) is 4.52 Å². The molecule has 8 nitrogen and oxygen atoms in total. The second kappa shape index (κ2) is 7.81. The Balaban J connectivity index is 1.75. The molecule has 2 heterocycles. The molecule has 3 rings (SSSR count). The zero-order valence-electron chi connectivity index (χ0n) is 15.4. The number of nitrogens with zero attached hydrogens (tertiary/aromatic N) is 5. The normalized spacial score (nSPS) is 10.6. The number of hydrogen-bond acceptors (Lipinski definition) is 8. The van der Waals surface area contributed by atoms with Crippen LogP contribution in [0, 0.1) is 13.8 Å². The lowest BCUT2D eigenvalue weighted by Crippen LogP contribution is -2.21. The third-order valence-electron chi connectivity index (χ3n) is 4.03. The van der Waals surface area contributed by atoms with Crippen molar-refractivity contribution in [3.05, 3.63) is 41.8 Å². The average molecular weight is 353 g/mol. The highest BCUT2D eigenvalue weighted by Gasteiger charge is 2.08. The zero-order chi connectivity index (χ0) is 18.5. The van der Waals surface area contributed by atoms with E-state index in [0.717, 1.165) is 30.1 Å². The van der Waals surface area contributed by atoms with Crippen molar-refractivity contribution in [2.24, 2.45) is 0 Å². The van der Waals surface area contributed by atoms with Crippen LogP contribution in [0.5, 0.6) is 0 Å². The quantitative estimate of drug-likeness (QED) is 0.662. The highest BCUT2D eigenvalue weighted by Crippen LogP contribution is 2.24. The number of aromatic nitrogens is 4. The maximum Gasteiger partial charge on any atom is 0.249 e. The molecule has 136 valence electrons. The van der Waals surface area contributed by atoms with Crippen LogP contribution in [0.25, 0.3) is 0 Å². The smallest absolute Gasteiger partial charge is 0.249 e. The summed E-state index contributed by atoms with van der Waals surface area (Å²) in [7, 11) is 0. The Bertz CT molecular complexity index is 873. The van der Waals surface area contributed by atoms with Gasteiger partial charge in [0.25, 0.3) is 0 Å². The van der Waals surface area contributed by atoms with Gasteiger partial charge < -0.3 is 20.1 Å². The molecule has 0 bridgehead atoms. The van der Waals surface area contributed by atoms with Gasteiger partial charge >= 0.3 is 0 Å². The Labute approximate surface area is 152 Å². The summed E-state index contributed by atoms with van der Waals surface area (Å²) in [5.41, 5.74) is 3.26. The molecule has 0 aliphatic carbocycles. The molecule has 8 heteroatoms. The lowest BCUT2D eigenvalue weighted by atomic mass is 10.1. The molecule has 0 spiro atoms. The molecule has 0 unspecified atom stereocenters. The molecule has 0 aliphatic rings. The minimum absolute atomic E-state index is 0.411. The van der Waals surface area contributed by atoms with Crippen LogP contribution >= 0.6 is 0 Å². The van der Waals surface area contributed by atoms with Gasteiger partial charge in [0.05, 0.1) is 6.20 Å². The van der Waals surface area contributed by atoms with Crippen molar-refractivity contribution < 1.29 is 4.52 Å². The summed E-state index contributed by atoms with van der Waals surface area (Å²) in [5, 5.41) is 18.2. The summed E-state index contributed by atoms with van der Waals surface area (Å²) in [6, 6.07) is 8.07. The van der Waals surface area contributed by atoms with Crippen LogP contribution in [0.3, 0.4) is 0 Å². The van der Waals surface area contributed by atoms with Crippen molar-refractivity contribution in [2.45, 2.75) is 27.7 Å². The number of anilines is 5. The van der Waals surface area contributed by atoms with Crippen molar-refractivity contribution >= 4 is 29.0 Å². The zero-order valence-corrected chi connectivity index (χ0v) is 15.4. The first-order valence-corrected chi connectivity index (χ1v) is 8.61. The van der Waals surface area contributed by atoms with Gasteiger partial charge in [0, 0.05) is 30.5 Å². The number of hydrogen-bond donors (Lipinski definition) is 2. The summed E-state index contributed by atoms with van der Waals surface area (Å²) in [4.78, 5) is 6.72. The second-order valence-electron chi connectivity index (χ2n) is 5.91. The van der Waals surface area contributed by atoms with Gasteiger partial charge in [-0.25, -0.2) is 0 Å². The van der Waals surface area contributed by atoms with E-state index in [1.807, 2.05) is 13.0 Å².